The van der Waals surface area contributed by atoms with Crippen molar-refractivity contribution in [3.63, 3.8) is 0 Å². The largest absolute Gasteiger partial charge is 0.353 e. The van der Waals surface area contributed by atoms with Crippen LogP contribution in [0.2, 0.25) is 0 Å². The Bertz CT molecular complexity index is 181. The molecule has 1 unspecified atom stereocenters. The lowest BCUT2D eigenvalue weighted by Crippen LogP contribution is -2.34. The fourth-order valence-electron chi connectivity index (χ4n) is 1.73. The number of nitrogens with two attached hydrogens (primary N) is 1. The molecule has 88 valence electrons. The van der Waals surface area contributed by atoms with Crippen LogP contribution in [0.3, 0.4) is 0 Å². The molecule has 1 atom stereocenters. The molecule has 4 heteroatoms. The van der Waals surface area contributed by atoms with E-state index in [1.807, 2.05) is 11.8 Å². The first-order valence-electron chi connectivity index (χ1n) is 5.90. The highest BCUT2D eigenvalue weighted by molar-refractivity contribution is 7.99. The van der Waals surface area contributed by atoms with Crippen molar-refractivity contribution >= 4 is 17.7 Å². The first-order chi connectivity index (χ1) is 7.33. The summed E-state index contributed by atoms with van der Waals surface area (Å²) in [5.74, 6) is 2.52. The molecule has 0 aliphatic carbocycles. The molecule has 1 rings (SSSR count). The number of nitrogens with one attached hydrogen (secondary N) is 1. The van der Waals surface area contributed by atoms with Crippen molar-refractivity contribution in [1.29, 1.82) is 0 Å². The third kappa shape index (κ3) is 6.05. The topological polar surface area (TPSA) is 55.1 Å². The summed E-state index contributed by atoms with van der Waals surface area (Å²) in [6, 6.07) is 0.437. The first kappa shape index (κ1) is 12.8. The van der Waals surface area contributed by atoms with Crippen LogP contribution in [0, 0.1) is 0 Å². The Morgan fingerprint density at radius 3 is 2.80 bits per heavy atom. The molecule has 1 aliphatic heterocycles. The van der Waals surface area contributed by atoms with Crippen molar-refractivity contribution in [2.24, 2.45) is 5.73 Å². The van der Waals surface area contributed by atoms with Crippen LogP contribution in [-0.2, 0) is 4.79 Å². The van der Waals surface area contributed by atoms with Gasteiger partial charge in [-0.3, -0.25) is 4.79 Å². The number of carbonyl (C=O) groups is 1. The number of carbonyl (C=O) groups excluding carboxylic acids is 1. The second-order valence-corrected chi connectivity index (χ2v) is 5.23. The lowest BCUT2D eigenvalue weighted by atomic mass is 10.1. The van der Waals surface area contributed by atoms with Gasteiger partial charge in [-0.15, -0.1) is 0 Å². The molecule has 0 radical (unpaired) electrons. The van der Waals surface area contributed by atoms with Crippen LogP contribution >= 0.6 is 11.8 Å². The lowest BCUT2D eigenvalue weighted by Gasteiger charge is -2.10. The summed E-state index contributed by atoms with van der Waals surface area (Å²) in [6.45, 7) is 0.769. The summed E-state index contributed by atoms with van der Waals surface area (Å²) in [7, 11) is 0. The van der Waals surface area contributed by atoms with Gasteiger partial charge in [-0.2, -0.15) is 11.8 Å². The summed E-state index contributed by atoms with van der Waals surface area (Å²) in [5, 5.41) is 3.09. The maximum Gasteiger partial charge on any atom is 0.220 e. The number of amides is 1. The second kappa shape index (κ2) is 7.99. The third-order valence-electron chi connectivity index (χ3n) is 2.65. The number of hydrogen-bond donors (Lipinski definition) is 2. The number of hydrogen-bond acceptors (Lipinski definition) is 3. The first-order valence-corrected chi connectivity index (χ1v) is 7.05. The average Bonchev–Trinajstić information content (AvgIpc) is 2.70. The van der Waals surface area contributed by atoms with Crippen LogP contribution in [0.15, 0.2) is 0 Å². The van der Waals surface area contributed by atoms with Crippen LogP contribution in [0.5, 0.6) is 0 Å². The molecule has 1 fully saturated rings. The van der Waals surface area contributed by atoms with Gasteiger partial charge in [0.25, 0.3) is 0 Å². The zero-order chi connectivity index (χ0) is 10.9. The van der Waals surface area contributed by atoms with Crippen molar-refractivity contribution in [1.82, 2.24) is 5.32 Å². The van der Waals surface area contributed by atoms with E-state index in [4.69, 9.17) is 5.73 Å². The van der Waals surface area contributed by atoms with Gasteiger partial charge >= 0.3 is 0 Å². The van der Waals surface area contributed by atoms with Crippen molar-refractivity contribution in [3.8, 4) is 0 Å². The maximum atomic E-state index is 11.5. The van der Waals surface area contributed by atoms with Gasteiger partial charge in [0.1, 0.15) is 0 Å². The molecular formula is C11H22N2OS. The molecule has 0 saturated carbocycles. The van der Waals surface area contributed by atoms with Gasteiger partial charge in [0.2, 0.25) is 5.91 Å². The third-order valence-corrected chi connectivity index (χ3v) is 3.82. The van der Waals surface area contributed by atoms with E-state index in [1.54, 1.807) is 0 Å². The molecule has 1 saturated heterocycles. The molecule has 1 heterocycles. The molecule has 0 aromatic rings. The lowest BCUT2D eigenvalue weighted by molar-refractivity contribution is -0.121. The Morgan fingerprint density at radius 1 is 1.33 bits per heavy atom. The standard InChI is InChI=1S/C11H22N2OS/c12-7-4-2-1-3-5-11(14)13-10-6-8-15-9-10/h10H,1-9,12H2,(H,13,14). The average molecular weight is 230 g/mol. The summed E-state index contributed by atoms with van der Waals surface area (Å²) >= 11 is 1.93. The molecule has 1 amide bonds. The van der Waals surface area contributed by atoms with Gasteiger partial charge in [0.05, 0.1) is 0 Å². The van der Waals surface area contributed by atoms with E-state index in [-0.39, 0.29) is 5.91 Å². The van der Waals surface area contributed by atoms with Crippen molar-refractivity contribution in [2.75, 3.05) is 18.1 Å². The van der Waals surface area contributed by atoms with Crippen LogP contribution in [-0.4, -0.2) is 30.0 Å². The van der Waals surface area contributed by atoms with Gasteiger partial charge < -0.3 is 11.1 Å². The summed E-state index contributed by atoms with van der Waals surface area (Å²) in [4.78, 5) is 11.5. The van der Waals surface area contributed by atoms with Gasteiger partial charge in [-0.25, -0.2) is 0 Å². The number of unbranched alkanes of at least 4 members (excludes halogenated alkanes) is 3. The van der Waals surface area contributed by atoms with Gasteiger partial charge in [0, 0.05) is 18.2 Å². The van der Waals surface area contributed by atoms with Gasteiger partial charge in [-0.1, -0.05) is 12.8 Å². The molecule has 3 nitrogen and oxygen atoms in total. The van der Waals surface area contributed by atoms with E-state index in [0.29, 0.717) is 12.5 Å². The Hall–Kier alpha value is -0.220. The predicted molar refractivity (Wildman–Crippen MR) is 66.0 cm³/mol. The fraction of sp³-hybridized carbons (Fsp3) is 0.909. The number of rotatable bonds is 7. The Morgan fingerprint density at radius 2 is 2.13 bits per heavy atom. The molecule has 1 aliphatic rings. The Kier molecular flexibility index (Phi) is 6.85. The summed E-state index contributed by atoms with van der Waals surface area (Å²) in [5.41, 5.74) is 5.40. The smallest absolute Gasteiger partial charge is 0.220 e. The van der Waals surface area contributed by atoms with E-state index in [0.717, 1.165) is 44.4 Å². The summed E-state index contributed by atoms with van der Waals surface area (Å²) in [6.07, 6.45) is 6.20. The zero-order valence-corrected chi connectivity index (χ0v) is 10.2. The van der Waals surface area contributed by atoms with Crippen LogP contribution < -0.4 is 11.1 Å². The molecule has 3 N–H and O–H groups in total. The predicted octanol–water partition coefficient (Wildman–Crippen LogP) is 1.52. The van der Waals surface area contributed by atoms with E-state index in [1.165, 1.54) is 5.75 Å². The Balaban J connectivity index is 1.93. The fourth-order valence-corrected chi connectivity index (χ4v) is 2.88. The van der Waals surface area contributed by atoms with Crippen LogP contribution in [0.1, 0.15) is 38.5 Å². The minimum atomic E-state index is 0.232. The minimum absolute atomic E-state index is 0.232. The minimum Gasteiger partial charge on any atom is -0.353 e. The van der Waals surface area contributed by atoms with E-state index >= 15 is 0 Å². The van der Waals surface area contributed by atoms with Gasteiger partial charge in [-0.05, 0) is 31.6 Å². The van der Waals surface area contributed by atoms with Crippen LogP contribution in [0.4, 0.5) is 0 Å². The summed E-state index contributed by atoms with van der Waals surface area (Å²) < 4.78 is 0. The normalized spacial score (nSPS) is 20.5. The second-order valence-electron chi connectivity index (χ2n) is 4.08. The molecule has 0 bridgehead atoms. The maximum absolute atomic E-state index is 11.5. The SMILES string of the molecule is NCCCCCCC(=O)NC1CCSC1. The monoisotopic (exact) mass is 230 g/mol. The highest BCUT2D eigenvalue weighted by Crippen LogP contribution is 2.17. The van der Waals surface area contributed by atoms with Crippen molar-refractivity contribution in [2.45, 2.75) is 44.6 Å². The molecule has 0 aromatic carbocycles. The van der Waals surface area contributed by atoms with Crippen LogP contribution in [0.25, 0.3) is 0 Å². The highest BCUT2D eigenvalue weighted by atomic mass is 32.2. The number of thioether (sulfide) groups is 1. The molecule has 0 spiro atoms. The highest BCUT2D eigenvalue weighted by Gasteiger charge is 2.16. The molecule has 15 heavy (non-hydrogen) atoms. The van der Waals surface area contributed by atoms with Crippen molar-refractivity contribution < 1.29 is 4.79 Å². The Labute approximate surface area is 96.6 Å². The quantitative estimate of drug-likeness (QED) is 0.652. The van der Waals surface area contributed by atoms with E-state index < -0.39 is 0 Å². The van der Waals surface area contributed by atoms with Gasteiger partial charge in [0.15, 0.2) is 0 Å². The zero-order valence-electron chi connectivity index (χ0n) is 9.34. The van der Waals surface area contributed by atoms with E-state index in [2.05, 4.69) is 5.32 Å². The molecule has 0 aromatic heterocycles. The molecular weight excluding hydrogens is 208 g/mol. The van der Waals surface area contributed by atoms with Crippen molar-refractivity contribution in [3.05, 3.63) is 0 Å². The van der Waals surface area contributed by atoms with E-state index in [9.17, 15) is 4.79 Å².